The summed E-state index contributed by atoms with van der Waals surface area (Å²) in [6, 6.07) is 0. The number of rotatable bonds is 7. The smallest absolute Gasteiger partial charge is 0.312 e. The topological polar surface area (TPSA) is 105 Å². The average molecular weight is 475 g/mol. The largest absolute Gasteiger partial charge is 0.458 e. The van der Waals surface area contributed by atoms with E-state index in [2.05, 4.69) is 0 Å². The summed E-state index contributed by atoms with van der Waals surface area (Å²) in [7, 11) is 0. The van der Waals surface area contributed by atoms with Gasteiger partial charge in [0.15, 0.2) is 0 Å². The molecular weight excluding hydrogens is 440 g/mol. The van der Waals surface area contributed by atoms with Crippen molar-refractivity contribution in [2.45, 2.75) is 90.6 Å². The van der Waals surface area contributed by atoms with Gasteiger partial charge in [-0.25, -0.2) is 0 Å². The van der Waals surface area contributed by atoms with Gasteiger partial charge in [0.1, 0.15) is 24.4 Å². The normalized spacial score (nSPS) is 44.7. The molecule has 186 valence electrons. The third kappa shape index (κ3) is 3.02. The van der Waals surface area contributed by atoms with E-state index in [4.69, 9.17) is 18.9 Å². The second-order valence-electron chi connectivity index (χ2n) is 12.5. The highest BCUT2D eigenvalue weighted by Crippen LogP contribution is 2.57. The van der Waals surface area contributed by atoms with Gasteiger partial charge in [-0.1, -0.05) is 6.92 Å². The molecule has 8 heteroatoms. The van der Waals surface area contributed by atoms with E-state index in [-0.39, 0.29) is 84.1 Å². The molecule has 0 aromatic rings. The first-order chi connectivity index (χ1) is 16.0. The van der Waals surface area contributed by atoms with Crippen LogP contribution in [0.2, 0.25) is 0 Å². The maximum atomic E-state index is 13.4. The first-order valence-corrected chi connectivity index (χ1v) is 12.9. The molecule has 6 fully saturated rings. The monoisotopic (exact) mass is 474 g/mol. The molecule has 6 aliphatic rings. The number of ether oxygens (including phenoxy) is 4. The molecule has 11 atom stereocenters. The molecular formula is C26H34O8. The van der Waals surface area contributed by atoms with Gasteiger partial charge in [0.25, 0.3) is 0 Å². The number of esters is 4. The Morgan fingerprint density at radius 3 is 1.76 bits per heavy atom. The molecule has 4 saturated carbocycles. The van der Waals surface area contributed by atoms with Crippen LogP contribution >= 0.6 is 0 Å². The molecule has 0 radical (unpaired) electrons. The Bertz CT molecular complexity index is 956. The van der Waals surface area contributed by atoms with Crippen LogP contribution in [0.5, 0.6) is 0 Å². The molecule has 2 aliphatic heterocycles. The Hall–Kier alpha value is -2.12. The second-order valence-corrected chi connectivity index (χ2v) is 12.5. The molecule has 4 aliphatic carbocycles. The standard InChI is InChI=1S/C26H34O8/c1-5-26(4,24(30)34-18-12-7-14-16(9-12)22(28)32-20(14)18)10-25(2,3)23(29)33-17-11-6-13-15(8-11)21(27)31-19(13)17/h11-20H,5-10H2,1-4H3. The van der Waals surface area contributed by atoms with Crippen molar-refractivity contribution in [3.8, 4) is 0 Å². The van der Waals surface area contributed by atoms with Crippen LogP contribution in [0.3, 0.4) is 0 Å². The third-order valence-electron chi connectivity index (χ3n) is 9.97. The molecule has 0 amide bonds. The van der Waals surface area contributed by atoms with Gasteiger partial charge in [-0.05, 0) is 59.3 Å². The maximum Gasteiger partial charge on any atom is 0.312 e. The molecule has 8 nitrogen and oxygen atoms in total. The molecule has 2 heterocycles. The summed E-state index contributed by atoms with van der Waals surface area (Å²) >= 11 is 0. The number of hydrogen-bond donors (Lipinski definition) is 0. The summed E-state index contributed by atoms with van der Waals surface area (Å²) in [5.41, 5.74) is -1.81. The fourth-order valence-corrected chi connectivity index (χ4v) is 8.07. The fraction of sp³-hybridized carbons (Fsp3) is 0.846. The lowest BCUT2D eigenvalue weighted by Gasteiger charge is -2.37. The molecule has 4 bridgehead atoms. The molecule has 0 N–H and O–H groups in total. The number of fused-ring (bicyclic) bond motifs is 2. The van der Waals surface area contributed by atoms with Crippen LogP contribution in [0.1, 0.15) is 66.2 Å². The molecule has 34 heavy (non-hydrogen) atoms. The fourth-order valence-electron chi connectivity index (χ4n) is 8.07. The van der Waals surface area contributed by atoms with Gasteiger partial charge in [-0.15, -0.1) is 0 Å². The minimum Gasteiger partial charge on any atom is -0.458 e. The molecule has 2 saturated heterocycles. The summed E-state index contributed by atoms with van der Waals surface area (Å²) in [5.74, 6) is -0.414. The first-order valence-electron chi connectivity index (χ1n) is 12.9. The lowest BCUT2D eigenvalue weighted by Crippen LogP contribution is -2.45. The Morgan fingerprint density at radius 1 is 0.824 bits per heavy atom. The Labute approximate surface area is 199 Å². The van der Waals surface area contributed by atoms with Crippen LogP contribution in [-0.2, 0) is 38.1 Å². The summed E-state index contributed by atoms with van der Waals surface area (Å²) in [4.78, 5) is 50.8. The van der Waals surface area contributed by atoms with Crippen LogP contribution in [0.4, 0.5) is 0 Å². The highest BCUT2D eigenvalue weighted by molar-refractivity contribution is 5.82. The van der Waals surface area contributed by atoms with Crippen LogP contribution in [0.15, 0.2) is 0 Å². The maximum absolute atomic E-state index is 13.4. The minimum atomic E-state index is -0.923. The van der Waals surface area contributed by atoms with E-state index >= 15 is 0 Å². The zero-order valence-corrected chi connectivity index (χ0v) is 20.3. The first kappa shape index (κ1) is 22.4. The lowest BCUT2D eigenvalue weighted by atomic mass is 9.72. The van der Waals surface area contributed by atoms with Crippen molar-refractivity contribution in [2.24, 2.45) is 46.3 Å². The molecule has 6 rings (SSSR count). The van der Waals surface area contributed by atoms with E-state index in [0.29, 0.717) is 6.42 Å². The van der Waals surface area contributed by atoms with Gasteiger partial charge >= 0.3 is 23.9 Å². The quantitative estimate of drug-likeness (QED) is 0.410. The van der Waals surface area contributed by atoms with Gasteiger partial charge in [0.05, 0.1) is 22.7 Å². The number of hydrogen-bond acceptors (Lipinski definition) is 8. The summed E-state index contributed by atoms with van der Waals surface area (Å²) < 4.78 is 23.0. The Kier molecular flexibility index (Phi) is 4.73. The third-order valence-corrected chi connectivity index (χ3v) is 9.97. The number of carbonyl (C=O) groups excluding carboxylic acids is 4. The van der Waals surface area contributed by atoms with Crippen molar-refractivity contribution in [2.75, 3.05) is 0 Å². The van der Waals surface area contributed by atoms with Crippen LogP contribution in [0.25, 0.3) is 0 Å². The average Bonchev–Trinajstić information content (AvgIpc) is 3.57. The molecule has 11 unspecified atom stereocenters. The number of carbonyl (C=O) groups is 4. The van der Waals surface area contributed by atoms with Crippen LogP contribution in [0, 0.1) is 46.3 Å². The predicted molar refractivity (Wildman–Crippen MR) is 116 cm³/mol. The van der Waals surface area contributed by atoms with Crippen molar-refractivity contribution in [3.05, 3.63) is 0 Å². The molecule has 0 aromatic carbocycles. The predicted octanol–water partition coefficient (Wildman–Crippen LogP) is 2.81. The summed E-state index contributed by atoms with van der Waals surface area (Å²) in [6.45, 7) is 7.35. The Balaban J connectivity index is 1.11. The van der Waals surface area contributed by atoms with Gasteiger partial charge in [0, 0.05) is 23.7 Å². The molecule has 0 aromatic heterocycles. The minimum absolute atomic E-state index is 0.0310. The van der Waals surface area contributed by atoms with Crippen LogP contribution in [-0.4, -0.2) is 48.3 Å². The molecule has 0 spiro atoms. The zero-order valence-electron chi connectivity index (χ0n) is 20.3. The van der Waals surface area contributed by atoms with Crippen molar-refractivity contribution in [1.82, 2.24) is 0 Å². The highest BCUT2D eigenvalue weighted by Gasteiger charge is 2.65. The highest BCUT2D eigenvalue weighted by atomic mass is 16.6. The van der Waals surface area contributed by atoms with Crippen molar-refractivity contribution >= 4 is 23.9 Å². The van der Waals surface area contributed by atoms with E-state index < -0.39 is 16.9 Å². The van der Waals surface area contributed by atoms with E-state index in [9.17, 15) is 19.2 Å². The second kappa shape index (κ2) is 7.20. The Morgan fingerprint density at radius 2 is 1.29 bits per heavy atom. The lowest BCUT2D eigenvalue weighted by molar-refractivity contribution is -0.179. The summed E-state index contributed by atoms with van der Waals surface area (Å²) in [5, 5.41) is 0. The van der Waals surface area contributed by atoms with Gasteiger partial charge in [-0.3, -0.25) is 19.2 Å². The zero-order chi connectivity index (χ0) is 24.2. The van der Waals surface area contributed by atoms with Crippen molar-refractivity contribution < 1.29 is 38.1 Å². The van der Waals surface area contributed by atoms with Crippen LogP contribution < -0.4 is 0 Å². The summed E-state index contributed by atoms with van der Waals surface area (Å²) in [6.07, 6.45) is 2.55. The SMILES string of the molecule is CCC(C)(CC(C)(C)C(=O)OC1C2CC3C(=O)OC1C3C2)C(=O)OC1C2CC3C(=O)OC1C3C2. The van der Waals surface area contributed by atoms with E-state index in [1.807, 2.05) is 13.8 Å². The van der Waals surface area contributed by atoms with Crippen molar-refractivity contribution in [1.29, 1.82) is 0 Å². The van der Waals surface area contributed by atoms with Gasteiger partial charge in [0.2, 0.25) is 0 Å². The van der Waals surface area contributed by atoms with E-state index in [1.54, 1.807) is 13.8 Å². The van der Waals surface area contributed by atoms with E-state index in [1.165, 1.54) is 0 Å². The van der Waals surface area contributed by atoms with E-state index in [0.717, 1.165) is 25.7 Å². The van der Waals surface area contributed by atoms with Gasteiger partial charge < -0.3 is 18.9 Å². The van der Waals surface area contributed by atoms with Crippen molar-refractivity contribution in [3.63, 3.8) is 0 Å². The van der Waals surface area contributed by atoms with Gasteiger partial charge in [-0.2, -0.15) is 0 Å².